The van der Waals surface area contributed by atoms with E-state index in [1.807, 2.05) is 6.08 Å². The van der Waals surface area contributed by atoms with Gasteiger partial charge in [-0.25, -0.2) is 0 Å². The summed E-state index contributed by atoms with van der Waals surface area (Å²) in [5.41, 5.74) is 4.02. The molecule has 0 amide bonds. The number of allylic oxidation sites excluding steroid dienone is 1. The summed E-state index contributed by atoms with van der Waals surface area (Å²) in [6, 6.07) is 17.8. The lowest BCUT2D eigenvalue weighted by Gasteiger charge is -2.53. The molecule has 2 nitrogen and oxygen atoms in total. The van der Waals surface area contributed by atoms with Crippen LogP contribution in [0.3, 0.4) is 0 Å². The zero-order chi connectivity index (χ0) is 22.4. The minimum absolute atomic E-state index is 0.122. The Labute approximate surface area is 194 Å². The van der Waals surface area contributed by atoms with Crippen LogP contribution in [0.4, 0.5) is 0 Å². The molecule has 2 heteroatoms. The molecule has 1 fully saturated rings. The van der Waals surface area contributed by atoms with Crippen LogP contribution < -0.4 is 4.74 Å². The van der Waals surface area contributed by atoms with E-state index in [1.54, 1.807) is 0 Å². The molecule has 3 atom stereocenters. The monoisotopic (exact) mass is 432 g/mol. The number of benzene rings is 2. The van der Waals surface area contributed by atoms with Crippen LogP contribution in [0.25, 0.3) is 0 Å². The van der Waals surface area contributed by atoms with Gasteiger partial charge in [0, 0.05) is 5.41 Å². The molecule has 0 radical (unpaired) electrons. The first kappa shape index (κ1) is 23.1. The number of aryl methyl sites for hydroxylation is 1. The normalized spacial score (nSPS) is 26.8. The molecule has 0 heterocycles. The van der Waals surface area contributed by atoms with Crippen LogP contribution in [-0.2, 0) is 18.3 Å². The standard InChI is InChI=1S/C30H40O2/c1-3-5-6-10-20-32-27-15-16-28-25(21-27)13-14-26-23-29(31,17-4-2)18-19-30(26,28)22-24-11-8-7-9-12-24/h3,7-9,11-12,15-16,21,26,31H,1,4-6,10,13-14,17-20,22-23H2,2H3/t26-,29-,30+/m1/s1. The van der Waals surface area contributed by atoms with Gasteiger partial charge in [-0.05, 0) is 98.9 Å². The zero-order valence-corrected chi connectivity index (χ0v) is 19.8. The summed E-state index contributed by atoms with van der Waals surface area (Å²) < 4.78 is 6.10. The van der Waals surface area contributed by atoms with Crippen LogP contribution in [0.5, 0.6) is 5.75 Å². The van der Waals surface area contributed by atoms with Gasteiger partial charge in [-0.1, -0.05) is 55.8 Å². The molecular formula is C30H40O2. The minimum atomic E-state index is -0.481. The van der Waals surface area contributed by atoms with Gasteiger partial charge in [0.25, 0.3) is 0 Å². The highest BCUT2D eigenvalue weighted by molar-refractivity contribution is 5.45. The Morgan fingerprint density at radius 3 is 2.75 bits per heavy atom. The molecular weight excluding hydrogens is 392 g/mol. The molecule has 2 aliphatic rings. The minimum Gasteiger partial charge on any atom is -0.494 e. The predicted molar refractivity (Wildman–Crippen MR) is 133 cm³/mol. The number of unbranched alkanes of at least 4 members (excludes halogenated alkanes) is 2. The van der Waals surface area contributed by atoms with E-state index in [0.29, 0.717) is 5.92 Å². The summed E-state index contributed by atoms with van der Waals surface area (Å²) in [5.74, 6) is 1.54. The molecule has 2 aromatic carbocycles. The summed E-state index contributed by atoms with van der Waals surface area (Å²) in [5, 5.41) is 11.3. The number of aliphatic hydroxyl groups is 1. The predicted octanol–water partition coefficient (Wildman–Crippen LogP) is 7.18. The number of hydrogen-bond donors (Lipinski definition) is 1. The zero-order valence-electron chi connectivity index (χ0n) is 19.8. The Hall–Kier alpha value is -2.06. The van der Waals surface area contributed by atoms with E-state index in [0.717, 1.165) is 83.0 Å². The quantitative estimate of drug-likeness (QED) is 0.318. The van der Waals surface area contributed by atoms with Gasteiger partial charge in [0.15, 0.2) is 0 Å². The molecule has 0 saturated heterocycles. The van der Waals surface area contributed by atoms with Crippen molar-refractivity contribution >= 4 is 0 Å². The highest BCUT2D eigenvalue weighted by atomic mass is 16.5. The van der Waals surface area contributed by atoms with Gasteiger partial charge in [-0.3, -0.25) is 0 Å². The fourth-order valence-electron chi connectivity index (χ4n) is 6.39. The van der Waals surface area contributed by atoms with Crippen LogP contribution in [0.2, 0.25) is 0 Å². The van der Waals surface area contributed by atoms with Gasteiger partial charge in [0.2, 0.25) is 0 Å². The molecule has 0 unspecified atom stereocenters. The molecule has 0 aliphatic heterocycles. The van der Waals surface area contributed by atoms with Crippen LogP contribution in [0, 0.1) is 5.92 Å². The number of hydrogen-bond acceptors (Lipinski definition) is 2. The van der Waals surface area contributed by atoms with E-state index in [1.165, 1.54) is 16.7 Å². The second-order valence-electron chi connectivity index (χ2n) is 10.2. The molecule has 0 aromatic heterocycles. The molecule has 0 spiro atoms. The molecule has 172 valence electrons. The summed E-state index contributed by atoms with van der Waals surface area (Å²) >= 11 is 0. The summed E-state index contributed by atoms with van der Waals surface area (Å²) in [7, 11) is 0. The smallest absolute Gasteiger partial charge is 0.119 e. The first-order valence-electron chi connectivity index (χ1n) is 12.7. The van der Waals surface area contributed by atoms with E-state index >= 15 is 0 Å². The van der Waals surface area contributed by atoms with Crippen LogP contribution in [0.15, 0.2) is 61.2 Å². The van der Waals surface area contributed by atoms with Crippen molar-refractivity contribution in [3.63, 3.8) is 0 Å². The van der Waals surface area contributed by atoms with Crippen LogP contribution >= 0.6 is 0 Å². The van der Waals surface area contributed by atoms with Crippen LogP contribution in [-0.4, -0.2) is 17.3 Å². The van der Waals surface area contributed by atoms with Crippen molar-refractivity contribution in [2.24, 2.45) is 5.92 Å². The molecule has 1 N–H and O–H groups in total. The second-order valence-corrected chi connectivity index (χ2v) is 10.2. The molecule has 4 rings (SSSR count). The van der Waals surface area contributed by atoms with Gasteiger partial charge < -0.3 is 9.84 Å². The third-order valence-corrected chi connectivity index (χ3v) is 7.97. The lowest BCUT2D eigenvalue weighted by Crippen LogP contribution is -2.51. The first-order valence-corrected chi connectivity index (χ1v) is 12.7. The van der Waals surface area contributed by atoms with Gasteiger partial charge in [0.1, 0.15) is 5.75 Å². The largest absolute Gasteiger partial charge is 0.494 e. The average Bonchev–Trinajstić information content (AvgIpc) is 2.80. The van der Waals surface area contributed by atoms with Crippen molar-refractivity contribution in [3.05, 3.63) is 77.9 Å². The van der Waals surface area contributed by atoms with Gasteiger partial charge in [-0.2, -0.15) is 0 Å². The Balaban J connectivity index is 1.60. The van der Waals surface area contributed by atoms with Crippen molar-refractivity contribution in [1.82, 2.24) is 0 Å². The van der Waals surface area contributed by atoms with Crippen molar-refractivity contribution in [3.8, 4) is 5.75 Å². The fraction of sp³-hybridized carbons (Fsp3) is 0.533. The van der Waals surface area contributed by atoms with E-state index in [-0.39, 0.29) is 5.41 Å². The maximum absolute atomic E-state index is 11.3. The van der Waals surface area contributed by atoms with E-state index in [4.69, 9.17) is 4.74 Å². The Morgan fingerprint density at radius 2 is 1.97 bits per heavy atom. The topological polar surface area (TPSA) is 29.5 Å². The Morgan fingerprint density at radius 1 is 1.12 bits per heavy atom. The highest BCUT2D eigenvalue weighted by Gasteiger charge is 2.51. The summed E-state index contributed by atoms with van der Waals surface area (Å²) in [4.78, 5) is 0. The van der Waals surface area contributed by atoms with Gasteiger partial charge in [-0.15, -0.1) is 6.58 Å². The van der Waals surface area contributed by atoms with E-state index < -0.39 is 5.60 Å². The third kappa shape index (κ3) is 4.96. The summed E-state index contributed by atoms with van der Waals surface area (Å²) in [6.45, 7) is 6.76. The van der Waals surface area contributed by atoms with E-state index in [9.17, 15) is 5.11 Å². The van der Waals surface area contributed by atoms with Crippen molar-refractivity contribution in [2.75, 3.05) is 6.61 Å². The Bertz CT molecular complexity index is 889. The molecule has 0 bridgehead atoms. The summed E-state index contributed by atoms with van der Waals surface area (Å²) in [6.07, 6.45) is 13.5. The van der Waals surface area contributed by atoms with Crippen molar-refractivity contribution in [1.29, 1.82) is 0 Å². The second kappa shape index (κ2) is 10.3. The van der Waals surface area contributed by atoms with E-state index in [2.05, 4.69) is 62.0 Å². The van der Waals surface area contributed by atoms with Gasteiger partial charge >= 0.3 is 0 Å². The number of rotatable bonds is 10. The molecule has 2 aliphatic carbocycles. The Kier molecular flexibility index (Phi) is 7.40. The number of fused-ring (bicyclic) bond motifs is 3. The maximum atomic E-state index is 11.3. The first-order chi connectivity index (χ1) is 15.6. The lowest BCUT2D eigenvalue weighted by atomic mass is 9.52. The molecule has 32 heavy (non-hydrogen) atoms. The maximum Gasteiger partial charge on any atom is 0.119 e. The lowest BCUT2D eigenvalue weighted by molar-refractivity contribution is -0.0565. The number of ether oxygens (including phenoxy) is 1. The third-order valence-electron chi connectivity index (χ3n) is 7.97. The van der Waals surface area contributed by atoms with Crippen molar-refractivity contribution < 1.29 is 9.84 Å². The average molecular weight is 433 g/mol. The van der Waals surface area contributed by atoms with Crippen LogP contribution in [0.1, 0.15) is 81.4 Å². The van der Waals surface area contributed by atoms with Crippen molar-refractivity contribution in [2.45, 2.75) is 88.6 Å². The highest BCUT2D eigenvalue weighted by Crippen LogP contribution is 2.55. The SMILES string of the molecule is C=CCCCCOc1ccc2c(c1)CC[C@@H]1C[C@@](O)(CCC)CC[C@@]21Cc1ccccc1. The fourth-order valence-corrected chi connectivity index (χ4v) is 6.39. The molecule has 1 saturated carbocycles. The van der Waals surface area contributed by atoms with Gasteiger partial charge in [0.05, 0.1) is 12.2 Å². The molecule has 2 aromatic rings.